The number of carboxylic acid groups (broad SMARTS) is 1. The van der Waals surface area contributed by atoms with Gasteiger partial charge in [-0.3, -0.25) is 0 Å². The van der Waals surface area contributed by atoms with Crippen LogP contribution in [0.25, 0.3) is 0 Å². The van der Waals surface area contributed by atoms with Crippen molar-refractivity contribution in [3.63, 3.8) is 0 Å². The van der Waals surface area contributed by atoms with Gasteiger partial charge in [-0.1, -0.05) is 18.5 Å². The number of halogens is 1. The van der Waals surface area contributed by atoms with E-state index in [2.05, 4.69) is 4.98 Å². The maximum Gasteiger partial charge on any atom is 0.372 e. The Morgan fingerprint density at radius 3 is 2.58 bits per heavy atom. The zero-order chi connectivity index (χ0) is 9.30. The van der Waals surface area contributed by atoms with Crippen LogP contribution in [0.3, 0.4) is 0 Å². The Morgan fingerprint density at radius 1 is 1.75 bits per heavy atom. The summed E-state index contributed by atoms with van der Waals surface area (Å²) in [6.45, 7) is 1.90. The first-order chi connectivity index (χ1) is 5.57. The molecule has 1 N–H and O–H groups in total. The van der Waals surface area contributed by atoms with Crippen LogP contribution < -0.4 is 0 Å². The fourth-order valence-electron chi connectivity index (χ4n) is 1.07. The number of hydrogen-bond donors (Lipinski definition) is 1. The van der Waals surface area contributed by atoms with Crippen molar-refractivity contribution in [1.29, 1.82) is 0 Å². The summed E-state index contributed by atoms with van der Waals surface area (Å²) in [5, 5.41) is 8.93. The van der Waals surface area contributed by atoms with E-state index in [0.29, 0.717) is 6.42 Å². The van der Waals surface area contributed by atoms with Crippen molar-refractivity contribution in [1.82, 2.24) is 9.55 Å². The molecule has 1 heterocycles. The highest BCUT2D eigenvalue weighted by atomic mass is 35.5. The lowest BCUT2D eigenvalue weighted by Gasteiger charge is -1.99. The zero-order valence-electron chi connectivity index (χ0n) is 6.83. The van der Waals surface area contributed by atoms with Gasteiger partial charge in [-0.05, 0) is 6.42 Å². The predicted octanol–water partition coefficient (Wildman–Crippen LogP) is 1.33. The molecule has 5 heteroatoms. The van der Waals surface area contributed by atoms with Gasteiger partial charge in [-0.25, -0.2) is 9.78 Å². The fourth-order valence-corrected chi connectivity index (χ4v) is 1.41. The van der Waals surface area contributed by atoms with Crippen molar-refractivity contribution < 1.29 is 9.90 Å². The zero-order valence-corrected chi connectivity index (χ0v) is 7.59. The number of imidazole rings is 1. The second-order valence-electron chi connectivity index (χ2n) is 2.39. The molecule has 0 aromatic carbocycles. The molecule has 1 aromatic heterocycles. The second-order valence-corrected chi connectivity index (χ2v) is 2.75. The van der Waals surface area contributed by atoms with E-state index in [0.717, 1.165) is 5.69 Å². The fraction of sp³-hybridized carbons (Fsp3) is 0.429. The van der Waals surface area contributed by atoms with Gasteiger partial charge in [0, 0.05) is 7.05 Å². The van der Waals surface area contributed by atoms with Crippen LogP contribution in [0.15, 0.2) is 0 Å². The predicted molar refractivity (Wildman–Crippen MR) is 44.6 cm³/mol. The Hall–Kier alpha value is -1.03. The highest BCUT2D eigenvalue weighted by Gasteiger charge is 2.16. The van der Waals surface area contributed by atoms with E-state index in [1.807, 2.05) is 6.92 Å². The van der Waals surface area contributed by atoms with Gasteiger partial charge in [-0.15, -0.1) is 0 Å². The molecule has 0 bridgehead atoms. The summed E-state index contributed by atoms with van der Waals surface area (Å²) in [5.41, 5.74) is 0.745. The Balaban J connectivity index is 3.26. The van der Waals surface area contributed by atoms with Crippen molar-refractivity contribution in [2.24, 2.45) is 7.05 Å². The summed E-state index contributed by atoms with van der Waals surface area (Å²) in [5.74, 6) is -1.07. The number of hydrogen-bond acceptors (Lipinski definition) is 2. The standard InChI is InChI=1S/C7H9ClN2O2/c1-3-4-5(8)9-6(7(11)12)10(4)2/h3H2,1-2H3,(H,11,12). The lowest BCUT2D eigenvalue weighted by Crippen LogP contribution is -2.07. The molecule has 1 aromatic rings. The number of nitrogens with zero attached hydrogens (tertiary/aromatic N) is 2. The van der Waals surface area contributed by atoms with Crippen LogP contribution in [0, 0.1) is 0 Å². The van der Waals surface area contributed by atoms with E-state index in [9.17, 15) is 4.79 Å². The van der Waals surface area contributed by atoms with Gasteiger partial charge in [-0.2, -0.15) is 0 Å². The molecule has 0 amide bonds. The summed E-state index contributed by atoms with van der Waals surface area (Å²) < 4.78 is 1.49. The minimum Gasteiger partial charge on any atom is -0.475 e. The number of rotatable bonds is 2. The van der Waals surface area contributed by atoms with Gasteiger partial charge in [0.1, 0.15) is 0 Å². The van der Waals surface area contributed by atoms with Gasteiger partial charge < -0.3 is 9.67 Å². The van der Waals surface area contributed by atoms with Crippen LogP contribution in [0.4, 0.5) is 0 Å². The third-order valence-electron chi connectivity index (χ3n) is 1.69. The molecule has 0 saturated carbocycles. The van der Waals surface area contributed by atoms with Gasteiger partial charge in [0.25, 0.3) is 0 Å². The average Bonchev–Trinajstić information content (AvgIpc) is 2.27. The molecular weight excluding hydrogens is 180 g/mol. The minimum absolute atomic E-state index is 0.0168. The van der Waals surface area contributed by atoms with E-state index in [-0.39, 0.29) is 11.0 Å². The Morgan fingerprint density at radius 2 is 2.33 bits per heavy atom. The van der Waals surface area contributed by atoms with Crippen molar-refractivity contribution in [3.05, 3.63) is 16.7 Å². The quantitative estimate of drug-likeness (QED) is 0.762. The van der Waals surface area contributed by atoms with E-state index in [4.69, 9.17) is 16.7 Å². The van der Waals surface area contributed by atoms with E-state index in [1.54, 1.807) is 7.05 Å². The van der Waals surface area contributed by atoms with E-state index >= 15 is 0 Å². The summed E-state index contributed by atoms with van der Waals surface area (Å²) in [6, 6.07) is 0. The number of carbonyl (C=O) groups is 1. The molecule has 0 aliphatic rings. The molecule has 66 valence electrons. The van der Waals surface area contributed by atoms with Crippen LogP contribution in [0.2, 0.25) is 5.15 Å². The van der Waals surface area contributed by atoms with Crippen LogP contribution in [0.5, 0.6) is 0 Å². The molecule has 0 aliphatic carbocycles. The molecule has 4 nitrogen and oxygen atoms in total. The van der Waals surface area contributed by atoms with Gasteiger partial charge >= 0.3 is 5.97 Å². The molecule has 0 fully saturated rings. The lowest BCUT2D eigenvalue weighted by atomic mass is 10.4. The molecule has 0 unspecified atom stereocenters. The minimum atomic E-state index is -1.06. The Bertz CT molecular complexity index is 319. The second kappa shape index (κ2) is 3.15. The largest absolute Gasteiger partial charge is 0.475 e. The molecule has 0 spiro atoms. The van der Waals surface area contributed by atoms with Crippen molar-refractivity contribution >= 4 is 17.6 Å². The highest BCUT2D eigenvalue weighted by molar-refractivity contribution is 6.30. The summed E-state index contributed by atoms with van der Waals surface area (Å²) >= 11 is 5.70. The monoisotopic (exact) mass is 188 g/mol. The Labute approximate surface area is 74.8 Å². The molecule has 0 radical (unpaired) electrons. The first-order valence-electron chi connectivity index (χ1n) is 3.52. The van der Waals surface area contributed by atoms with E-state index < -0.39 is 5.97 Å². The molecule has 0 aliphatic heterocycles. The summed E-state index contributed by atoms with van der Waals surface area (Å²) in [4.78, 5) is 14.3. The Kier molecular flexibility index (Phi) is 2.38. The van der Waals surface area contributed by atoms with Crippen molar-refractivity contribution in [2.45, 2.75) is 13.3 Å². The van der Waals surface area contributed by atoms with E-state index in [1.165, 1.54) is 4.57 Å². The number of carboxylic acids is 1. The normalized spacial score (nSPS) is 10.2. The SMILES string of the molecule is CCc1c(Cl)nc(C(=O)O)n1C. The lowest BCUT2D eigenvalue weighted by molar-refractivity contribution is 0.0679. The maximum atomic E-state index is 10.6. The first kappa shape index (κ1) is 9.06. The molecule has 12 heavy (non-hydrogen) atoms. The van der Waals surface area contributed by atoms with Crippen LogP contribution in [0.1, 0.15) is 23.2 Å². The van der Waals surface area contributed by atoms with Crippen LogP contribution in [-0.4, -0.2) is 20.6 Å². The average molecular weight is 189 g/mol. The molecule has 0 saturated heterocycles. The number of aromatic carboxylic acids is 1. The summed E-state index contributed by atoms with van der Waals surface area (Å²) in [6.07, 6.45) is 0.676. The van der Waals surface area contributed by atoms with Crippen LogP contribution in [-0.2, 0) is 13.5 Å². The van der Waals surface area contributed by atoms with Crippen molar-refractivity contribution in [3.8, 4) is 0 Å². The van der Waals surface area contributed by atoms with Crippen LogP contribution >= 0.6 is 11.6 Å². The topological polar surface area (TPSA) is 55.1 Å². The first-order valence-corrected chi connectivity index (χ1v) is 3.90. The van der Waals surface area contributed by atoms with Gasteiger partial charge in [0.05, 0.1) is 5.69 Å². The smallest absolute Gasteiger partial charge is 0.372 e. The maximum absolute atomic E-state index is 10.6. The van der Waals surface area contributed by atoms with Gasteiger partial charge in [0.2, 0.25) is 5.82 Å². The third kappa shape index (κ3) is 1.30. The molecule has 1 rings (SSSR count). The third-order valence-corrected chi connectivity index (χ3v) is 1.99. The van der Waals surface area contributed by atoms with Crippen molar-refractivity contribution in [2.75, 3.05) is 0 Å². The number of aromatic nitrogens is 2. The van der Waals surface area contributed by atoms with Gasteiger partial charge in [0.15, 0.2) is 5.15 Å². The summed E-state index contributed by atoms with van der Waals surface area (Å²) in [7, 11) is 1.64. The molecular formula is C7H9ClN2O2. The highest BCUT2D eigenvalue weighted by Crippen LogP contribution is 2.16. The molecule has 0 atom stereocenters.